The number of ether oxygens (including phenoxy) is 1. The Hall–Kier alpha value is -3.24. The molecule has 1 aromatic heterocycles. The highest BCUT2D eigenvalue weighted by molar-refractivity contribution is 7.89. The molecule has 3 N–H and O–H groups in total. The molecule has 0 unspecified atom stereocenters. The largest absolute Gasteiger partial charge is 0.494 e. The molecule has 2 aromatic carbocycles. The van der Waals surface area contributed by atoms with Crippen LogP contribution in [0.3, 0.4) is 0 Å². The monoisotopic (exact) mass is 445 g/mol. The number of nitrogens with zero attached hydrogens (tertiary/aromatic N) is 2. The maximum Gasteiger partial charge on any atom is 0.240 e. The Bertz CT molecular complexity index is 1150. The van der Waals surface area contributed by atoms with Crippen LogP contribution in [-0.4, -0.2) is 38.6 Å². The van der Waals surface area contributed by atoms with Gasteiger partial charge in [-0.25, -0.2) is 22.5 Å². The number of anilines is 3. The molecule has 0 amide bonds. The van der Waals surface area contributed by atoms with Gasteiger partial charge >= 0.3 is 0 Å². The highest BCUT2D eigenvalue weighted by atomic mass is 32.2. The van der Waals surface area contributed by atoms with E-state index in [-0.39, 0.29) is 23.7 Å². The Kier molecular flexibility index (Phi) is 7.03. The maximum absolute atomic E-state index is 13.8. The lowest BCUT2D eigenvalue weighted by Crippen LogP contribution is -2.29. The zero-order chi connectivity index (χ0) is 22.4. The molecule has 31 heavy (non-hydrogen) atoms. The molecule has 0 aliphatic rings. The maximum atomic E-state index is 13.8. The molecule has 0 bridgehead atoms. The number of benzene rings is 2. The molecule has 0 spiro atoms. The van der Waals surface area contributed by atoms with E-state index >= 15 is 0 Å². The molecule has 0 aliphatic carbocycles. The van der Waals surface area contributed by atoms with Crippen LogP contribution in [-0.2, 0) is 10.0 Å². The molecule has 0 saturated carbocycles. The lowest BCUT2D eigenvalue weighted by molar-refractivity contribution is 0.385. The standard InChI is InChI=1S/C21H24FN5O3S/c1-14-4-6-16(7-5-14)26-20-12-15(2)25-21(27-20)23-10-11-24-31(28,29)17-8-9-19(30-3)18(22)13-17/h4-9,12-13,24H,10-11H2,1-3H3,(H2,23,25,26,27). The number of aryl methyl sites for hydroxylation is 2. The Labute approximate surface area is 180 Å². The quantitative estimate of drug-likeness (QED) is 0.434. The average molecular weight is 446 g/mol. The minimum atomic E-state index is -3.86. The number of hydrogen-bond acceptors (Lipinski definition) is 7. The van der Waals surface area contributed by atoms with E-state index in [0.717, 1.165) is 23.0 Å². The van der Waals surface area contributed by atoms with Gasteiger partial charge in [0.15, 0.2) is 11.6 Å². The molecule has 0 atom stereocenters. The second kappa shape index (κ2) is 9.71. The molecule has 0 fully saturated rings. The van der Waals surface area contributed by atoms with Gasteiger partial charge in [0, 0.05) is 30.5 Å². The second-order valence-electron chi connectivity index (χ2n) is 6.83. The van der Waals surface area contributed by atoms with Gasteiger partial charge in [-0.2, -0.15) is 4.98 Å². The lowest BCUT2D eigenvalue weighted by atomic mass is 10.2. The SMILES string of the molecule is COc1ccc(S(=O)(=O)NCCNc2nc(C)cc(Nc3ccc(C)cc3)n2)cc1F. The second-order valence-corrected chi connectivity index (χ2v) is 8.60. The van der Waals surface area contributed by atoms with Gasteiger partial charge in [0.1, 0.15) is 5.82 Å². The summed E-state index contributed by atoms with van der Waals surface area (Å²) in [6.07, 6.45) is 0. The first-order chi connectivity index (χ1) is 14.8. The van der Waals surface area contributed by atoms with Crippen LogP contribution in [0.1, 0.15) is 11.3 Å². The van der Waals surface area contributed by atoms with E-state index in [2.05, 4.69) is 25.3 Å². The predicted molar refractivity (Wildman–Crippen MR) is 118 cm³/mol. The van der Waals surface area contributed by atoms with Crippen LogP contribution in [0.15, 0.2) is 53.4 Å². The van der Waals surface area contributed by atoms with E-state index in [1.54, 1.807) is 0 Å². The van der Waals surface area contributed by atoms with Gasteiger partial charge < -0.3 is 15.4 Å². The summed E-state index contributed by atoms with van der Waals surface area (Å²) >= 11 is 0. The van der Waals surface area contributed by atoms with Crippen molar-refractivity contribution in [2.24, 2.45) is 0 Å². The molecule has 1 heterocycles. The summed E-state index contributed by atoms with van der Waals surface area (Å²) in [5.74, 6) is 0.218. The highest BCUT2D eigenvalue weighted by Crippen LogP contribution is 2.20. The number of aromatic nitrogens is 2. The lowest BCUT2D eigenvalue weighted by Gasteiger charge is -2.11. The fraction of sp³-hybridized carbons (Fsp3) is 0.238. The Balaban J connectivity index is 1.58. The fourth-order valence-electron chi connectivity index (χ4n) is 2.75. The minimum absolute atomic E-state index is 0.0211. The normalized spacial score (nSPS) is 11.2. The Morgan fingerprint density at radius 1 is 1.00 bits per heavy atom. The fourth-order valence-corrected chi connectivity index (χ4v) is 3.80. The summed E-state index contributed by atoms with van der Waals surface area (Å²) in [6, 6.07) is 13.2. The third-order valence-electron chi connectivity index (χ3n) is 4.31. The summed E-state index contributed by atoms with van der Waals surface area (Å²) in [5.41, 5.74) is 2.81. The smallest absolute Gasteiger partial charge is 0.240 e. The zero-order valence-corrected chi connectivity index (χ0v) is 18.3. The summed E-state index contributed by atoms with van der Waals surface area (Å²) in [4.78, 5) is 8.53. The minimum Gasteiger partial charge on any atom is -0.494 e. The van der Waals surface area contributed by atoms with Crippen molar-refractivity contribution in [3.05, 3.63) is 65.6 Å². The van der Waals surface area contributed by atoms with E-state index in [9.17, 15) is 12.8 Å². The molecular weight excluding hydrogens is 421 g/mol. The van der Waals surface area contributed by atoms with Gasteiger partial charge in [0.05, 0.1) is 12.0 Å². The van der Waals surface area contributed by atoms with Crippen LogP contribution in [0.4, 0.5) is 21.8 Å². The summed E-state index contributed by atoms with van der Waals surface area (Å²) in [6.45, 7) is 4.16. The first kappa shape index (κ1) is 22.4. The number of hydrogen-bond donors (Lipinski definition) is 3. The van der Waals surface area contributed by atoms with Crippen LogP contribution in [0.5, 0.6) is 5.75 Å². The molecule has 0 radical (unpaired) electrons. The van der Waals surface area contributed by atoms with Crippen LogP contribution in [0.2, 0.25) is 0 Å². The van der Waals surface area contributed by atoms with Gasteiger partial charge in [-0.05, 0) is 44.2 Å². The summed E-state index contributed by atoms with van der Waals surface area (Å²) < 4.78 is 45.7. The van der Waals surface area contributed by atoms with Gasteiger partial charge in [-0.1, -0.05) is 17.7 Å². The first-order valence-electron chi connectivity index (χ1n) is 9.53. The molecular formula is C21H24FN5O3S. The van der Waals surface area contributed by atoms with E-state index in [1.807, 2.05) is 44.2 Å². The van der Waals surface area contributed by atoms with E-state index in [0.29, 0.717) is 11.8 Å². The molecule has 8 nitrogen and oxygen atoms in total. The molecule has 3 rings (SSSR count). The Morgan fingerprint density at radius 3 is 2.42 bits per heavy atom. The summed E-state index contributed by atoms with van der Waals surface area (Å²) in [5, 5.41) is 6.21. The average Bonchev–Trinajstić information content (AvgIpc) is 2.72. The highest BCUT2D eigenvalue weighted by Gasteiger charge is 2.16. The third kappa shape index (κ3) is 6.12. The van der Waals surface area contributed by atoms with E-state index < -0.39 is 15.8 Å². The van der Waals surface area contributed by atoms with Crippen molar-refractivity contribution in [2.75, 3.05) is 30.8 Å². The summed E-state index contributed by atoms with van der Waals surface area (Å²) in [7, 11) is -2.55. The number of methoxy groups -OCH3 is 1. The van der Waals surface area contributed by atoms with Crippen molar-refractivity contribution in [3.8, 4) is 5.75 Å². The van der Waals surface area contributed by atoms with Crippen LogP contribution >= 0.6 is 0 Å². The molecule has 10 heteroatoms. The zero-order valence-electron chi connectivity index (χ0n) is 17.4. The molecule has 164 valence electrons. The van der Waals surface area contributed by atoms with Gasteiger partial charge in [0.25, 0.3) is 0 Å². The topological polar surface area (TPSA) is 105 Å². The number of sulfonamides is 1. The number of rotatable bonds is 9. The third-order valence-corrected chi connectivity index (χ3v) is 5.77. The van der Waals surface area contributed by atoms with E-state index in [4.69, 9.17) is 4.74 Å². The molecule has 3 aromatic rings. The van der Waals surface area contributed by atoms with Crippen LogP contribution in [0.25, 0.3) is 0 Å². The van der Waals surface area contributed by atoms with Crippen molar-refractivity contribution in [1.29, 1.82) is 0 Å². The van der Waals surface area contributed by atoms with Gasteiger partial charge in [-0.3, -0.25) is 0 Å². The first-order valence-corrected chi connectivity index (χ1v) is 11.0. The van der Waals surface area contributed by atoms with Crippen molar-refractivity contribution in [3.63, 3.8) is 0 Å². The van der Waals surface area contributed by atoms with Crippen LogP contribution < -0.4 is 20.1 Å². The van der Waals surface area contributed by atoms with Crippen molar-refractivity contribution in [1.82, 2.24) is 14.7 Å². The number of nitrogens with one attached hydrogen (secondary N) is 3. The Morgan fingerprint density at radius 2 is 1.74 bits per heavy atom. The van der Waals surface area contributed by atoms with Crippen molar-refractivity contribution >= 4 is 27.5 Å². The van der Waals surface area contributed by atoms with Gasteiger partial charge in [0.2, 0.25) is 16.0 Å². The molecule has 0 saturated heterocycles. The van der Waals surface area contributed by atoms with E-state index in [1.165, 1.54) is 19.2 Å². The number of halogens is 1. The van der Waals surface area contributed by atoms with Crippen molar-refractivity contribution < 1.29 is 17.5 Å². The predicted octanol–water partition coefficient (Wildman–Crippen LogP) is 3.38. The van der Waals surface area contributed by atoms with Gasteiger partial charge in [-0.15, -0.1) is 0 Å². The van der Waals surface area contributed by atoms with Crippen molar-refractivity contribution in [2.45, 2.75) is 18.7 Å². The van der Waals surface area contributed by atoms with Crippen LogP contribution in [0, 0.1) is 19.7 Å². The molecule has 0 aliphatic heterocycles.